The maximum atomic E-state index is 12.8. The first-order valence-corrected chi connectivity index (χ1v) is 11.9. The van der Waals surface area contributed by atoms with Crippen LogP contribution in [0.5, 0.6) is 17.2 Å². The maximum absolute atomic E-state index is 12.8. The van der Waals surface area contributed by atoms with Crippen LogP contribution in [0.3, 0.4) is 0 Å². The topological polar surface area (TPSA) is 76.0 Å². The van der Waals surface area contributed by atoms with E-state index in [4.69, 9.17) is 9.47 Å². The second-order valence-corrected chi connectivity index (χ2v) is 8.51. The number of carbonyl (C=O) groups is 1. The number of aliphatic hydroxyl groups is 1. The van der Waals surface area contributed by atoms with E-state index in [1.54, 1.807) is 19.2 Å². The van der Waals surface area contributed by atoms with Crippen LogP contribution in [0.4, 0.5) is 0 Å². The van der Waals surface area contributed by atoms with Gasteiger partial charge in [-0.1, -0.05) is 67.8 Å². The zero-order chi connectivity index (χ0) is 24.2. The van der Waals surface area contributed by atoms with Crippen molar-refractivity contribution in [2.24, 2.45) is 0 Å². The van der Waals surface area contributed by atoms with Gasteiger partial charge in [-0.2, -0.15) is 0 Å². The molecule has 2 N–H and O–H groups in total. The Morgan fingerprint density at radius 1 is 0.853 bits per heavy atom. The third-order valence-corrected chi connectivity index (χ3v) is 5.85. The zero-order valence-corrected chi connectivity index (χ0v) is 19.8. The van der Waals surface area contributed by atoms with Gasteiger partial charge in [0.05, 0.1) is 13.2 Å². The number of rotatable bonds is 14. The second kappa shape index (κ2) is 13.4. The van der Waals surface area contributed by atoms with Crippen LogP contribution in [0.25, 0.3) is 0 Å². The lowest BCUT2D eigenvalue weighted by Gasteiger charge is -2.14. The lowest BCUT2D eigenvalue weighted by atomic mass is 9.99. The Balaban J connectivity index is 1.40. The number of aliphatic hydroxyl groups excluding tert-OH is 1. The number of unbranched alkanes of at least 4 members (excludes halogenated alkanes) is 3. The van der Waals surface area contributed by atoms with E-state index in [0.29, 0.717) is 18.8 Å². The number of ketones is 1. The molecule has 0 aromatic heterocycles. The summed E-state index contributed by atoms with van der Waals surface area (Å²) in [5, 5.41) is 20.7. The Hall–Kier alpha value is -3.31. The first-order valence-electron chi connectivity index (χ1n) is 11.9. The largest absolute Gasteiger partial charge is 0.507 e. The Labute approximate surface area is 202 Å². The predicted octanol–water partition coefficient (Wildman–Crippen LogP) is 6.11. The van der Waals surface area contributed by atoms with E-state index < -0.39 is 6.10 Å². The summed E-state index contributed by atoms with van der Waals surface area (Å²) in [7, 11) is 1.66. The van der Waals surface area contributed by atoms with Gasteiger partial charge >= 0.3 is 0 Å². The highest BCUT2D eigenvalue weighted by molar-refractivity contribution is 6.01. The van der Waals surface area contributed by atoms with Gasteiger partial charge in [0.25, 0.3) is 0 Å². The minimum atomic E-state index is -0.740. The molecule has 0 aliphatic heterocycles. The van der Waals surface area contributed by atoms with Gasteiger partial charge in [-0.25, -0.2) is 0 Å². The number of phenolic OH excluding ortho intramolecular Hbond substituents is 1. The van der Waals surface area contributed by atoms with Crippen LogP contribution in [0.1, 0.15) is 60.0 Å². The van der Waals surface area contributed by atoms with Crippen molar-refractivity contribution >= 4 is 5.78 Å². The molecule has 0 saturated carbocycles. The molecule has 5 nitrogen and oxygen atoms in total. The summed E-state index contributed by atoms with van der Waals surface area (Å²) in [5.41, 5.74) is 2.40. The molecule has 0 amide bonds. The van der Waals surface area contributed by atoms with Gasteiger partial charge in [-0.15, -0.1) is 0 Å². The van der Waals surface area contributed by atoms with Crippen LogP contribution in [0.2, 0.25) is 0 Å². The van der Waals surface area contributed by atoms with Gasteiger partial charge in [0.15, 0.2) is 5.78 Å². The summed E-state index contributed by atoms with van der Waals surface area (Å²) in [6.07, 6.45) is 4.82. The van der Waals surface area contributed by atoms with E-state index in [1.807, 2.05) is 42.5 Å². The normalized spacial score (nSPS) is 11.7. The molecule has 3 rings (SSSR count). The predicted molar refractivity (Wildman–Crippen MR) is 134 cm³/mol. The Morgan fingerprint density at radius 2 is 1.59 bits per heavy atom. The molecule has 0 fully saturated rings. The van der Waals surface area contributed by atoms with Crippen molar-refractivity contribution in [3.63, 3.8) is 0 Å². The quantitative estimate of drug-likeness (QED) is 0.223. The van der Waals surface area contributed by atoms with Gasteiger partial charge in [0.2, 0.25) is 0 Å². The van der Waals surface area contributed by atoms with Crippen molar-refractivity contribution in [3.05, 3.63) is 89.5 Å². The van der Waals surface area contributed by atoms with Crippen molar-refractivity contribution < 1.29 is 24.5 Å². The lowest BCUT2D eigenvalue weighted by Crippen LogP contribution is -2.15. The number of Topliss-reactive ketones (excluding diaryl/α,β-unsaturated/α-hetero) is 1. The molecule has 0 bridgehead atoms. The minimum absolute atomic E-state index is 0.0366. The first kappa shape index (κ1) is 25.3. The van der Waals surface area contributed by atoms with Crippen LogP contribution < -0.4 is 9.47 Å². The summed E-state index contributed by atoms with van der Waals surface area (Å²) in [6, 6.07) is 22.6. The van der Waals surface area contributed by atoms with Gasteiger partial charge < -0.3 is 19.7 Å². The molecule has 0 saturated heterocycles. The van der Waals surface area contributed by atoms with Crippen molar-refractivity contribution in [3.8, 4) is 17.2 Å². The first-order chi connectivity index (χ1) is 16.6. The SMILES string of the molecule is COc1ccc(CCCCCCC(O)CC(=O)c2c(O)cccc2OCc2ccccc2)cc1. The molecule has 1 atom stereocenters. The third-order valence-electron chi connectivity index (χ3n) is 5.85. The van der Waals surface area contributed by atoms with Crippen molar-refractivity contribution in [2.75, 3.05) is 7.11 Å². The Morgan fingerprint density at radius 3 is 2.32 bits per heavy atom. The van der Waals surface area contributed by atoms with E-state index in [2.05, 4.69) is 12.1 Å². The number of hydrogen-bond donors (Lipinski definition) is 2. The van der Waals surface area contributed by atoms with Crippen molar-refractivity contribution in [2.45, 2.75) is 57.7 Å². The molecule has 1 unspecified atom stereocenters. The minimum Gasteiger partial charge on any atom is -0.507 e. The van der Waals surface area contributed by atoms with Crippen LogP contribution in [0.15, 0.2) is 72.8 Å². The average Bonchev–Trinajstić information content (AvgIpc) is 2.85. The molecule has 34 heavy (non-hydrogen) atoms. The summed E-state index contributed by atoms with van der Waals surface area (Å²) in [5.74, 6) is 0.764. The van der Waals surface area contributed by atoms with Crippen LogP contribution in [-0.4, -0.2) is 29.2 Å². The monoisotopic (exact) mass is 462 g/mol. The Kier molecular flexibility index (Phi) is 9.98. The van der Waals surface area contributed by atoms with Gasteiger partial charge in [-0.05, 0) is 54.7 Å². The Bertz CT molecular complexity index is 1010. The highest BCUT2D eigenvalue weighted by atomic mass is 16.5. The smallest absolute Gasteiger partial charge is 0.172 e. The fourth-order valence-electron chi connectivity index (χ4n) is 3.93. The average molecular weight is 463 g/mol. The summed E-state index contributed by atoms with van der Waals surface area (Å²) >= 11 is 0. The fraction of sp³-hybridized carbons (Fsp3) is 0.345. The number of methoxy groups -OCH3 is 1. The van der Waals surface area contributed by atoms with E-state index in [1.165, 1.54) is 11.6 Å². The zero-order valence-electron chi connectivity index (χ0n) is 19.8. The molecule has 0 aliphatic carbocycles. The number of hydrogen-bond acceptors (Lipinski definition) is 5. The summed E-state index contributed by atoms with van der Waals surface area (Å²) in [6.45, 7) is 0.295. The lowest BCUT2D eigenvalue weighted by molar-refractivity contribution is 0.0857. The molecule has 3 aromatic carbocycles. The van der Waals surface area contributed by atoms with Crippen LogP contribution in [0, 0.1) is 0 Å². The standard InChI is InChI=1S/C29H34O5/c1-33-25-18-16-22(17-19-25)10-5-2-3-8-13-24(30)20-27(32)29-26(31)14-9-15-28(29)34-21-23-11-6-4-7-12-23/h4,6-7,9,11-12,14-19,24,30-31H,2-3,5,8,10,13,20-21H2,1H3. The van der Waals surface area contributed by atoms with Gasteiger partial charge in [0.1, 0.15) is 29.4 Å². The number of carbonyl (C=O) groups excluding carboxylic acids is 1. The van der Waals surface area contributed by atoms with Crippen molar-refractivity contribution in [1.82, 2.24) is 0 Å². The molecular weight excluding hydrogens is 428 g/mol. The number of benzene rings is 3. The molecule has 0 aliphatic rings. The molecule has 180 valence electrons. The highest BCUT2D eigenvalue weighted by Crippen LogP contribution is 2.30. The van der Waals surface area contributed by atoms with Gasteiger partial charge in [-0.3, -0.25) is 4.79 Å². The second-order valence-electron chi connectivity index (χ2n) is 8.51. The molecule has 5 heteroatoms. The van der Waals surface area contributed by atoms with E-state index in [0.717, 1.165) is 43.4 Å². The highest BCUT2D eigenvalue weighted by Gasteiger charge is 2.20. The molecular formula is C29H34O5. The van der Waals surface area contributed by atoms with Crippen molar-refractivity contribution in [1.29, 1.82) is 0 Å². The summed E-state index contributed by atoms with van der Waals surface area (Å²) < 4.78 is 11.0. The van der Waals surface area contributed by atoms with E-state index >= 15 is 0 Å². The van der Waals surface area contributed by atoms with Crippen LogP contribution >= 0.6 is 0 Å². The number of ether oxygens (including phenoxy) is 2. The molecule has 0 spiro atoms. The number of phenols is 1. The molecule has 0 radical (unpaired) electrons. The maximum Gasteiger partial charge on any atom is 0.172 e. The van der Waals surface area contributed by atoms with E-state index in [-0.39, 0.29) is 23.5 Å². The third kappa shape index (κ3) is 7.92. The van der Waals surface area contributed by atoms with Crippen LogP contribution in [-0.2, 0) is 13.0 Å². The molecule has 3 aromatic rings. The van der Waals surface area contributed by atoms with E-state index in [9.17, 15) is 15.0 Å². The number of aryl methyl sites for hydroxylation is 1. The fourth-order valence-corrected chi connectivity index (χ4v) is 3.93. The summed E-state index contributed by atoms with van der Waals surface area (Å²) in [4.78, 5) is 12.8. The molecule has 0 heterocycles. The number of aromatic hydroxyl groups is 1. The van der Waals surface area contributed by atoms with Gasteiger partial charge in [0, 0.05) is 6.42 Å².